The summed E-state index contributed by atoms with van der Waals surface area (Å²) in [5.74, 6) is 0.521. The van der Waals surface area contributed by atoms with Crippen LogP contribution in [0.1, 0.15) is 12.0 Å². The maximum atomic E-state index is 12.9. The molecule has 0 atom stereocenters. The fourth-order valence-corrected chi connectivity index (χ4v) is 4.26. The monoisotopic (exact) mass is 474 g/mol. The molecule has 0 aliphatic heterocycles. The summed E-state index contributed by atoms with van der Waals surface area (Å²) >= 11 is 5.85. The first-order chi connectivity index (χ1) is 15.3. The van der Waals surface area contributed by atoms with Crippen LogP contribution in [0.5, 0.6) is 11.5 Å². The average molecular weight is 475 g/mol. The standard InChI is InChI=1S/C23H23ClN2O5S/c1-16-4-3-5-20(14-16)31-13-12-23(27)25-19-10-11-21(30-2)22(15-19)32(28,29)26-18-8-6-17(24)7-9-18/h3-11,14-15,26H,12-13H2,1-2H3,(H,25,27). The fraction of sp³-hybridized carbons (Fsp3) is 0.174. The summed E-state index contributed by atoms with van der Waals surface area (Å²) < 4.78 is 39.1. The molecule has 3 rings (SSSR count). The fourth-order valence-electron chi connectivity index (χ4n) is 2.88. The molecular formula is C23H23ClN2O5S. The van der Waals surface area contributed by atoms with Crippen LogP contribution in [-0.4, -0.2) is 28.0 Å². The molecule has 0 saturated heterocycles. The number of halogens is 1. The van der Waals surface area contributed by atoms with Gasteiger partial charge >= 0.3 is 0 Å². The Balaban J connectivity index is 1.68. The van der Waals surface area contributed by atoms with Gasteiger partial charge in [0.25, 0.3) is 10.0 Å². The second-order valence-electron chi connectivity index (χ2n) is 6.94. The van der Waals surface area contributed by atoms with Gasteiger partial charge in [0.15, 0.2) is 0 Å². The van der Waals surface area contributed by atoms with Crippen LogP contribution in [0, 0.1) is 6.92 Å². The molecule has 0 bridgehead atoms. The van der Waals surface area contributed by atoms with E-state index in [0.29, 0.717) is 22.1 Å². The Kier molecular flexibility index (Phi) is 7.61. The number of sulfonamides is 1. The van der Waals surface area contributed by atoms with Crippen LogP contribution < -0.4 is 19.5 Å². The SMILES string of the molecule is COc1ccc(NC(=O)CCOc2cccc(C)c2)cc1S(=O)(=O)Nc1ccc(Cl)cc1. The molecule has 3 aromatic rings. The molecule has 0 heterocycles. The third kappa shape index (κ3) is 6.38. The van der Waals surface area contributed by atoms with Gasteiger partial charge in [0.2, 0.25) is 5.91 Å². The molecule has 1 amide bonds. The number of rotatable bonds is 9. The maximum Gasteiger partial charge on any atom is 0.265 e. The quantitative estimate of drug-likeness (QED) is 0.461. The van der Waals surface area contributed by atoms with Gasteiger partial charge in [-0.15, -0.1) is 0 Å². The minimum absolute atomic E-state index is 0.102. The Hall–Kier alpha value is -3.23. The highest BCUT2D eigenvalue weighted by Gasteiger charge is 2.21. The molecular weight excluding hydrogens is 452 g/mol. The largest absolute Gasteiger partial charge is 0.495 e. The zero-order valence-corrected chi connectivity index (χ0v) is 19.2. The molecule has 0 aliphatic carbocycles. The molecule has 0 aromatic heterocycles. The van der Waals surface area contributed by atoms with E-state index in [-0.39, 0.29) is 29.6 Å². The molecule has 9 heteroatoms. The molecule has 2 N–H and O–H groups in total. The number of nitrogens with one attached hydrogen (secondary N) is 2. The molecule has 7 nitrogen and oxygen atoms in total. The number of methoxy groups -OCH3 is 1. The van der Waals surface area contributed by atoms with E-state index < -0.39 is 10.0 Å². The van der Waals surface area contributed by atoms with Gasteiger partial charge in [-0.05, 0) is 67.1 Å². The van der Waals surface area contributed by atoms with Gasteiger partial charge in [0.1, 0.15) is 16.4 Å². The number of ether oxygens (including phenoxy) is 2. The number of carbonyl (C=O) groups is 1. The summed E-state index contributed by atoms with van der Waals surface area (Å²) in [7, 11) is -2.61. The highest BCUT2D eigenvalue weighted by molar-refractivity contribution is 7.92. The number of benzene rings is 3. The van der Waals surface area contributed by atoms with Crippen molar-refractivity contribution in [3.8, 4) is 11.5 Å². The Morgan fingerprint density at radius 1 is 1.00 bits per heavy atom. The van der Waals surface area contributed by atoms with Crippen LogP contribution in [0.4, 0.5) is 11.4 Å². The molecule has 0 aliphatic rings. The number of anilines is 2. The maximum absolute atomic E-state index is 12.9. The van der Waals surface area contributed by atoms with E-state index in [4.69, 9.17) is 21.1 Å². The zero-order chi connectivity index (χ0) is 23.1. The van der Waals surface area contributed by atoms with Crippen LogP contribution in [-0.2, 0) is 14.8 Å². The highest BCUT2D eigenvalue weighted by atomic mass is 35.5. The van der Waals surface area contributed by atoms with Crippen molar-refractivity contribution in [3.05, 3.63) is 77.3 Å². The van der Waals surface area contributed by atoms with Crippen molar-refractivity contribution in [1.82, 2.24) is 0 Å². The summed E-state index contributed by atoms with van der Waals surface area (Å²) in [4.78, 5) is 12.2. The van der Waals surface area contributed by atoms with Crippen LogP contribution in [0.2, 0.25) is 5.02 Å². The summed E-state index contributed by atoms with van der Waals surface area (Å²) in [6, 6.07) is 18.2. The van der Waals surface area contributed by atoms with Gasteiger partial charge in [0.05, 0.1) is 20.1 Å². The van der Waals surface area contributed by atoms with Crippen molar-refractivity contribution < 1.29 is 22.7 Å². The molecule has 3 aromatic carbocycles. The molecule has 0 saturated carbocycles. The van der Waals surface area contributed by atoms with Gasteiger partial charge in [-0.2, -0.15) is 0 Å². The Morgan fingerprint density at radius 3 is 2.41 bits per heavy atom. The first-order valence-corrected chi connectivity index (χ1v) is 11.6. The first kappa shape index (κ1) is 23.4. The van der Waals surface area contributed by atoms with E-state index >= 15 is 0 Å². The van der Waals surface area contributed by atoms with Gasteiger partial charge in [-0.1, -0.05) is 23.7 Å². The lowest BCUT2D eigenvalue weighted by Crippen LogP contribution is -2.17. The first-order valence-electron chi connectivity index (χ1n) is 9.72. The van der Waals surface area contributed by atoms with Crippen molar-refractivity contribution in [3.63, 3.8) is 0 Å². The molecule has 0 radical (unpaired) electrons. The number of hydrogen-bond donors (Lipinski definition) is 2. The molecule has 168 valence electrons. The second-order valence-corrected chi connectivity index (χ2v) is 9.03. The number of aryl methyl sites for hydroxylation is 1. The van der Waals surface area contributed by atoms with E-state index in [1.807, 2.05) is 31.2 Å². The van der Waals surface area contributed by atoms with Gasteiger partial charge in [-0.3, -0.25) is 9.52 Å². The smallest absolute Gasteiger partial charge is 0.265 e. The summed E-state index contributed by atoms with van der Waals surface area (Å²) in [5.41, 5.74) is 1.73. The van der Waals surface area contributed by atoms with Crippen molar-refractivity contribution in [1.29, 1.82) is 0 Å². The lowest BCUT2D eigenvalue weighted by molar-refractivity contribution is -0.116. The summed E-state index contributed by atoms with van der Waals surface area (Å²) in [5, 5.41) is 3.18. The highest BCUT2D eigenvalue weighted by Crippen LogP contribution is 2.29. The van der Waals surface area contributed by atoms with Gasteiger partial charge in [0, 0.05) is 16.4 Å². The summed E-state index contributed by atoms with van der Waals surface area (Å²) in [6.45, 7) is 2.14. The zero-order valence-electron chi connectivity index (χ0n) is 17.6. The molecule has 0 spiro atoms. The predicted molar refractivity (Wildman–Crippen MR) is 125 cm³/mol. The lowest BCUT2D eigenvalue weighted by Gasteiger charge is -2.14. The Labute approximate surface area is 192 Å². The molecule has 0 unspecified atom stereocenters. The van der Waals surface area contributed by atoms with Crippen molar-refractivity contribution in [2.24, 2.45) is 0 Å². The van der Waals surface area contributed by atoms with E-state index in [0.717, 1.165) is 5.56 Å². The molecule has 32 heavy (non-hydrogen) atoms. The number of carbonyl (C=O) groups excluding carboxylic acids is 1. The van der Waals surface area contributed by atoms with E-state index in [9.17, 15) is 13.2 Å². The third-order valence-electron chi connectivity index (χ3n) is 4.42. The summed E-state index contributed by atoms with van der Waals surface area (Å²) in [6.07, 6.45) is 0.102. The predicted octanol–water partition coefficient (Wildman–Crippen LogP) is 4.87. The number of amides is 1. The number of hydrogen-bond acceptors (Lipinski definition) is 5. The third-order valence-corrected chi connectivity index (χ3v) is 6.08. The molecule has 0 fully saturated rings. The Bertz CT molecular complexity index is 1200. The van der Waals surface area contributed by atoms with Gasteiger partial charge in [-0.25, -0.2) is 8.42 Å². The van der Waals surface area contributed by atoms with E-state index in [1.54, 1.807) is 30.3 Å². The van der Waals surface area contributed by atoms with Crippen LogP contribution in [0.3, 0.4) is 0 Å². The van der Waals surface area contributed by atoms with Crippen molar-refractivity contribution in [2.45, 2.75) is 18.2 Å². The van der Waals surface area contributed by atoms with E-state index in [2.05, 4.69) is 10.0 Å². The van der Waals surface area contributed by atoms with Crippen LogP contribution in [0.25, 0.3) is 0 Å². The Morgan fingerprint density at radius 2 is 1.72 bits per heavy atom. The van der Waals surface area contributed by atoms with Crippen LogP contribution in [0.15, 0.2) is 71.6 Å². The lowest BCUT2D eigenvalue weighted by atomic mass is 10.2. The second kappa shape index (κ2) is 10.4. The minimum atomic E-state index is -3.98. The van der Waals surface area contributed by atoms with Crippen molar-refractivity contribution in [2.75, 3.05) is 23.8 Å². The van der Waals surface area contributed by atoms with Crippen molar-refractivity contribution >= 4 is 38.9 Å². The minimum Gasteiger partial charge on any atom is -0.495 e. The topological polar surface area (TPSA) is 93.7 Å². The van der Waals surface area contributed by atoms with E-state index in [1.165, 1.54) is 19.2 Å². The van der Waals surface area contributed by atoms with Gasteiger partial charge < -0.3 is 14.8 Å². The van der Waals surface area contributed by atoms with Crippen LogP contribution >= 0.6 is 11.6 Å². The average Bonchev–Trinajstić information content (AvgIpc) is 2.75. The normalized spacial score (nSPS) is 11.0.